The van der Waals surface area contributed by atoms with Gasteiger partial charge in [0.2, 0.25) is 5.91 Å². The molecule has 0 N–H and O–H groups in total. The average Bonchev–Trinajstić information content (AvgIpc) is 3.35. The lowest BCUT2D eigenvalue weighted by atomic mass is 10.0. The molecule has 0 fully saturated rings. The number of benzene rings is 1. The summed E-state index contributed by atoms with van der Waals surface area (Å²) in [5.74, 6) is 2.24. The van der Waals surface area contributed by atoms with Gasteiger partial charge in [0.05, 0.1) is 11.7 Å². The largest absolute Gasteiger partial charge is 0.343 e. The van der Waals surface area contributed by atoms with Gasteiger partial charge in [0.15, 0.2) is 11.6 Å². The first-order chi connectivity index (χ1) is 16.3. The summed E-state index contributed by atoms with van der Waals surface area (Å²) in [6.07, 6.45) is 6.31. The number of anilines is 2. The third kappa shape index (κ3) is 5.33. The van der Waals surface area contributed by atoms with Crippen molar-refractivity contribution < 1.29 is 9.59 Å². The molecule has 0 spiro atoms. The smallest absolute Gasteiger partial charge is 0.249 e. The number of amides is 1. The Morgan fingerprint density at radius 2 is 1.94 bits per heavy atom. The molecular weight excluding hydrogens is 446 g/mol. The number of rotatable bonds is 9. The minimum absolute atomic E-state index is 0.0585. The predicted octanol–water partition coefficient (Wildman–Crippen LogP) is 4.56. The molecule has 178 valence electrons. The lowest BCUT2D eigenvalue weighted by Gasteiger charge is -2.39. The van der Waals surface area contributed by atoms with E-state index in [1.165, 1.54) is 0 Å². The van der Waals surface area contributed by atoms with Crippen LogP contribution in [-0.4, -0.2) is 46.3 Å². The average molecular weight is 478 g/mol. The summed E-state index contributed by atoms with van der Waals surface area (Å²) in [7, 11) is 1.78. The maximum atomic E-state index is 12.7. The second-order valence-electron chi connectivity index (χ2n) is 9.21. The second kappa shape index (κ2) is 10.4. The normalized spacial score (nSPS) is 15.7. The van der Waals surface area contributed by atoms with Crippen LogP contribution in [0.2, 0.25) is 0 Å². The van der Waals surface area contributed by atoms with Crippen molar-refractivity contribution in [3.05, 3.63) is 64.0 Å². The standard InChI is InChI=1S/C26H31N5O2S/c1-17(2)11-12-31-18(3)26(33)30(4)22-15-28-24(29-25(22)31)13-19-5-7-20(8-6-19)23(32)10-9-21-14-27-16-34-21/h5-8,14-18H,9-13H2,1-4H3. The molecule has 7 nitrogen and oxygen atoms in total. The Balaban J connectivity index is 1.48. The molecule has 3 heterocycles. The number of thiazole rings is 1. The van der Waals surface area contributed by atoms with E-state index in [0.717, 1.165) is 41.3 Å². The van der Waals surface area contributed by atoms with E-state index in [0.29, 0.717) is 30.1 Å². The first kappa shape index (κ1) is 24.0. The highest BCUT2D eigenvalue weighted by Gasteiger charge is 2.35. The summed E-state index contributed by atoms with van der Waals surface area (Å²) in [5.41, 5.74) is 4.30. The van der Waals surface area contributed by atoms with Gasteiger partial charge in [-0.15, -0.1) is 11.3 Å². The highest BCUT2D eigenvalue weighted by Crippen LogP contribution is 2.33. The molecule has 1 unspecified atom stereocenters. The van der Waals surface area contributed by atoms with Crippen LogP contribution in [0, 0.1) is 5.92 Å². The van der Waals surface area contributed by atoms with E-state index < -0.39 is 0 Å². The number of aryl methyl sites for hydroxylation is 1. The zero-order valence-electron chi connectivity index (χ0n) is 20.2. The summed E-state index contributed by atoms with van der Waals surface area (Å²) in [6.45, 7) is 7.08. The first-order valence-electron chi connectivity index (χ1n) is 11.7. The number of Topliss-reactive ketones (excluding diaryl/α,β-unsaturated/α-hetero) is 1. The van der Waals surface area contributed by atoms with Crippen molar-refractivity contribution in [2.24, 2.45) is 5.92 Å². The van der Waals surface area contributed by atoms with Gasteiger partial charge in [-0.2, -0.15) is 0 Å². The van der Waals surface area contributed by atoms with Crippen molar-refractivity contribution in [3.8, 4) is 0 Å². The minimum Gasteiger partial charge on any atom is -0.343 e. The molecule has 0 saturated carbocycles. The number of fused-ring (bicyclic) bond motifs is 1. The van der Waals surface area contributed by atoms with Gasteiger partial charge in [-0.25, -0.2) is 9.97 Å². The summed E-state index contributed by atoms with van der Waals surface area (Å²) >= 11 is 1.58. The molecule has 3 aromatic rings. The van der Waals surface area contributed by atoms with Crippen LogP contribution in [0.3, 0.4) is 0 Å². The fraction of sp³-hybridized carbons (Fsp3) is 0.423. The number of likely N-dealkylation sites (N-methyl/N-ethyl adjacent to an activating group) is 1. The van der Waals surface area contributed by atoms with Crippen LogP contribution in [0.25, 0.3) is 0 Å². The van der Waals surface area contributed by atoms with Crippen molar-refractivity contribution in [3.63, 3.8) is 0 Å². The van der Waals surface area contributed by atoms with E-state index in [1.807, 2.05) is 37.4 Å². The molecule has 1 aromatic carbocycles. The van der Waals surface area contributed by atoms with Crippen molar-refractivity contribution in [1.82, 2.24) is 15.0 Å². The molecule has 0 radical (unpaired) electrons. The summed E-state index contributed by atoms with van der Waals surface area (Å²) < 4.78 is 0. The third-order valence-corrected chi connectivity index (χ3v) is 7.10. The molecule has 1 atom stereocenters. The number of carbonyl (C=O) groups excluding carboxylic acids is 2. The lowest BCUT2D eigenvalue weighted by Crippen LogP contribution is -2.51. The molecule has 0 aliphatic carbocycles. The Morgan fingerprint density at radius 3 is 2.62 bits per heavy atom. The molecule has 0 bridgehead atoms. The molecule has 1 aliphatic rings. The molecule has 2 aromatic heterocycles. The van der Waals surface area contributed by atoms with Crippen molar-refractivity contribution in [2.75, 3.05) is 23.4 Å². The Hall–Kier alpha value is -3.13. The minimum atomic E-state index is -0.255. The van der Waals surface area contributed by atoms with Crippen LogP contribution in [0.4, 0.5) is 11.5 Å². The molecule has 1 amide bonds. The van der Waals surface area contributed by atoms with Crippen LogP contribution in [0.5, 0.6) is 0 Å². The van der Waals surface area contributed by atoms with Gasteiger partial charge in [-0.05, 0) is 31.2 Å². The monoisotopic (exact) mass is 477 g/mol. The molecular formula is C26H31N5O2S. The van der Waals surface area contributed by atoms with Crippen LogP contribution in [0.1, 0.15) is 60.2 Å². The van der Waals surface area contributed by atoms with Gasteiger partial charge < -0.3 is 9.80 Å². The second-order valence-corrected chi connectivity index (χ2v) is 10.2. The Kier molecular flexibility index (Phi) is 7.36. The Morgan fingerprint density at radius 1 is 1.18 bits per heavy atom. The Labute approximate surface area is 204 Å². The number of carbonyl (C=O) groups is 2. The molecule has 4 rings (SSSR count). The van der Waals surface area contributed by atoms with E-state index >= 15 is 0 Å². The van der Waals surface area contributed by atoms with Gasteiger partial charge in [-0.1, -0.05) is 38.1 Å². The SMILES string of the molecule is CC(C)CCN1c2nc(Cc3ccc(C(=O)CCc4cncs4)cc3)ncc2N(C)C(=O)C1C. The zero-order chi connectivity index (χ0) is 24.2. The zero-order valence-corrected chi connectivity index (χ0v) is 21.0. The molecule has 8 heteroatoms. The summed E-state index contributed by atoms with van der Waals surface area (Å²) in [6, 6.07) is 7.45. The molecule has 1 aliphatic heterocycles. The van der Waals surface area contributed by atoms with Crippen LogP contribution in [-0.2, 0) is 17.6 Å². The van der Waals surface area contributed by atoms with Crippen LogP contribution < -0.4 is 9.80 Å². The Bertz CT molecular complexity index is 1140. The quantitative estimate of drug-likeness (QED) is 0.421. The van der Waals surface area contributed by atoms with E-state index in [-0.39, 0.29) is 17.7 Å². The highest BCUT2D eigenvalue weighted by molar-refractivity contribution is 7.09. The topological polar surface area (TPSA) is 79.3 Å². The van der Waals surface area contributed by atoms with Gasteiger partial charge in [-0.3, -0.25) is 14.6 Å². The van der Waals surface area contributed by atoms with E-state index in [2.05, 4.69) is 28.7 Å². The van der Waals surface area contributed by atoms with Crippen LogP contribution >= 0.6 is 11.3 Å². The van der Waals surface area contributed by atoms with Crippen molar-refractivity contribution in [1.29, 1.82) is 0 Å². The highest BCUT2D eigenvalue weighted by atomic mass is 32.1. The number of ketones is 1. The number of nitrogens with zero attached hydrogens (tertiary/aromatic N) is 5. The third-order valence-electron chi connectivity index (χ3n) is 6.26. The summed E-state index contributed by atoms with van der Waals surface area (Å²) in [4.78, 5) is 43.6. The first-order valence-corrected chi connectivity index (χ1v) is 12.6. The fourth-order valence-corrected chi connectivity index (χ4v) is 4.68. The predicted molar refractivity (Wildman–Crippen MR) is 136 cm³/mol. The summed E-state index contributed by atoms with van der Waals surface area (Å²) in [5, 5.41) is 0. The van der Waals surface area contributed by atoms with Gasteiger partial charge in [0.1, 0.15) is 17.6 Å². The van der Waals surface area contributed by atoms with Gasteiger partial charge in [0.25, 0.3) is 0 Å². The maximum Gasteiger partial charge on any atom is 0.249 e. The van der Waals surface area contributed by atoms with Crippen molar-refractivity contribution >= 4 is 34.5 Å². The molecule has 0 saturated heterocycles. The lowest BCUT2D eigenvalue weighted by molar-refractivity contribution is -0.119. The van der Waals surface area contributed by atoms with E-state index in [1.54, 1.807) is 35.0 Å². The van der Waals surface area contributed by atoms with Gasteiger partial charge >= 0.3 is 0 Å². The fourth-order valence-electron chi connectivity index (χ4n) is 4.09. The number of aromatic nitrogens is 3. The number of hydrogen-bond acceptors (Lipinski definition) is 7. The molecule has 34 heavy (non-hydrogen) atoms. The van der Waals surface area contributed by atoms with Gasteiger partial charge in [0, 0.05) is 43.1 Å². The van der Waals surface area contributed by atoms with Crippen LogP contribution in [0.15, 0.2) is 42.2 Å². The van der Waals surface area contributed by atoms with Crippen molar-refractivity contribution in [2.45, 2.75) is 52.5 Å². The van der Waals surface area contributed by atoms with E-state index in [4.69, 9.17) is 4.98 Å². The van der Waals surface area contributed by atoms with E-state index in [9.17, 15) is 9.59 Å². The maximum absolute atomic E-state index is 12.7. The number of hydrogen-bond donors (Lipinski definition) is 0.